The highest BCUT2D eigenvalue weighted by molar-refractivity contribution is 7.89. The standard InChI is InChI=1S/C13H16ClNO6S/c1-3-7(2)11(13(18)19)15-22(20,21)8-4-5-10(14)9(6-8)12(16)17/h4-7,11,15H,3H2,1-2H3,(H,16,17)(H,18,19)/t7-,11-/m0/s1. The zero-order valence-corrected chi connectivity index (χ0v) is 13.5. The van der Waals surface area contributed by atoms with Crippen LogP contribution in [0.5, 0.6) is 0 Å². The van der Waals surface area contributed by atoms with Crippen molar-refractivity contribution in [1.82, 2.24) is 4.72 Å². The highest BCUT2D eigenvalue weighted by Crippen LogP contribution is 2.21. The Kier molecular flexibility index (Phi) is 5.92. The summed E-state index contributed by atoms with van der Waals surface area (Å²) in [5, 5.41) is 18.0. The van der Waals surface area contributed by atoms with Gasteiger partial charge < -0.3 is 10.2 Å². The first-order valence-corrected chi connectivity index (χ1v) is 8.24. The lowest BCUT2D eigenvalue weighted by atomic mass is 10.0. The highest BCUT2D eigenvalue weighted by Gasteiger charge is 2.30. The topological polar surface area (TPSA) is 121 Å². The van der Waals surface area contributed by atoms with Crippen LogP contribution >= 0.6 is 11.6 Å². The van der Waals surface area contributed by atoms with Crippen molar-refractivity contribution >= 4 is 33.6 Å². The molecule has 0 aliphatic heterocycles. The van der Waals surface area contributed by atoms with Gasteiger partial charge in [-0.15, -0.1) is 0 Å². The third-order valence-electron chi connectivity index (χ3n) is 3.24. The van der Waals surface area contributed by atoms with Crippen molar-refractivity contribution in [1.29, 1.82) is 0 Å². The number of carboxylic acids is 2. The van der Waals surface area contributed by atoms with Gasteiger partial charge in [0.1, 0.15) is 6.04 Å². The van der Waals surface area contributed by atoms with Gasteiger partial charge in [-0.3, -0.25) is 4.79 Å². The van der Waals surface area contributed by atoms with Crippen molar-refractivity contribution in [2.45, 2.75) is 31.2 Å². The van der Waals surface area contributed by atoms with E-state index >= 15 is 0 Å². The lowest BCUT2D eigenvalue weighted by molar-refractivity contribution is -0.140. The first-order chi connectivity index (χ1) is 10.1. The van der Waals surface area contributed by atoms with E-state index in [0.29, 0.717) is 6.42 Å². The molecule has 2 atom stereocenters. The first-order valence-electron chi connectivity index (χ1n) is 6.38. The lowest BCUT2D eigenvalue weighted by Gasteiger charge is -2.20. The number of hydrogen-bond acceptors (Lipinski definition) is 4. The lowest BCUT2D eigenvalue weighted by Crippen LogP contribution is -2.44. The van der Waals surface area contributed by atoms with Crippen LogP contribution in [0.4, 0.5) is 0 Å². The molecule has 3 N–H and O–H groups in total. The molecule has 1 aromatic rings. The summed E-state index contributed by atoms with van der Waals surface area (Å²) in [6.07, 6.45) is 0.459. The molecule has 0 bridgehead atoms. The number of hydrogen-bond donors (Lipinski definition) is 3. The SMILES string of the molecule is CC[C@H](C)[C@H](NS(=O)(=O)c1ccc(Cl)c(C(=O)O)c1)C(=O)O. The molecule has 0 saturated carbocycles. The molecular weight excluding hydrogens is 334 g/mol. The third kappa shape index (κ3) is 4.19. The van der Waals surface area contributed by atoms with E-state index in [9.17, 15) is 18.0 Å². The minimum Gasteiger partial charge on any atom is -0.480 e. The number of carboxylic acid groups (broad SMARTS) is 2. The fourth-order valence-corrected chi connectivity index (χ4v) is 3.24. The van der Waals surface area contributed by atoms with Crippen molar-refractivity contribution in [3.8, 4) is 0 Å². The molecule has 1 aromatic carbocycles. The molecule has 0 fully saturated rings. The summed E-state index contributed by atoms with van der Waals surface area (Å²) in [5.41, 5.74) is -0.375. The van der Waals surface area contributed by atoms with E-state index in [1.807, 2.05) is 0 Å². The molecule has 0 saturated heterocycles. The number of halogens is 1. The van der Waals surface area contributed by atoms with E-state index in [-0.39, 0.29) is 15.5 Å². The van der Waals surface area contributed by atoms with E-state index in [2.05, 4.69) is 4.72 Å². The maximum absolute atomic E-state index is 12.2. The van der Waals surface area contributed by atoms with E-state index in [4.69, 9.17) is 21.8 Å². The molecule has 0 spiro atoms. The van der Waals surface area contributed by atoms with E-state index in [0.717, 1.165) is 18.2 Å². The maximum Gasteiger partial charge on any atom is 0.337 e. The highest BCUT2D eigenvalue weighted by atomic mass is 35.5. The van der Waals surface area contributed by atoms with Crippen molar-refractivity contribution in [3.63, 3.8) is 0 Å². The van der Waals surface area contributed by atoms with Gasteiger partial charge >= 0.3 is 11.9 Å². The minimum atomic E-state index is -4.19. The molecule has 0 heterocycles. The Balaban J connectivity index is 3.21. The summed E-state index contributed by atoms with van der Waals surface area (Å²) in [6.45, 7) is 3.34. The number of nitrogens with one attached hydrogen (secondary N) is 1. The Labute approximate surface area is 133 Å². The normalized spacial score (nSPS) is 14.3. The molecule has 0 radical (unpaired) electrons. The van der Waals surface area contributed by atoms with Gasteiger partial charge in [0.25, 0.3) is 0 Å². The van der Waals surface area contributed by atoms with Gasteiger partial charge in [-0.25, -0.2) is 13.2 Å². The summed E-state index contributed by atoms with van der Waals surface area (Å²) in [4.78, 5) is 21.8. The Hall–Kier alpha value is -1.64. The second kappa shape index (κ2) is 7.08. The van der Waals surface area contributed by atoms with Gasteiger partial charge in [-0.05, 0) is 24.1 Å². The predicted octanol–water partition coefficient (Wildman–Crippen LogP) is 1.82. The Morgan fingerprint density at radius 1 is 1.32 bits per heavy atom. The molecular formula is C13H16ClNO6S. The molecule has 1 rings (SSSR count). The Morgan fingerprint density at radius 3 is 2.36 bits per heavy atom. The molecule has 0 unspecified atom stereocenters. The third-order valence-corrected chi connectivity index (χ3v) is 5.01. The van der Waals surface area contributed by atoms with Gasteiger partial charge in [0.15, 0.2) is 0 Å². The van der Waals surface area contributed by atoms with Gasteiger partial charge in [0, 0.05) is 0 Å². The maximum atomic E-state index is 12.2. The van der Waals surface area contributed by atoms with Crippen LogP contribution in [0.15, 0.2) is 23.1 Å². The number of benzene rings is 1. The van der Waals surface area contributed by atoms with Gasteiger partial charge in [0.2, 0.25) is 10.0 Å². The van der Waals surface area contributed by atoms with Gasteiger partial charge in [-0.1, -0.05) is 31.9 Å². The quantitative estimate of drug-likeness (QED) is 0.690. The first kappa shape index (κ1) is 18.4. The van der Waals surface area contributed by atoms with Crippen LogP contribution in [0.3, 0.4) is 0 Å². The van der Waals surface area contributed by atoms with Crippen LogP contribution in [-0.2, 0) is 14.8 Å². The predicted molar refractivity (Wildman–Crippen MR) is 79.6 cm³/mol. The molecule has 7 nitrogen and oxygen atoms in total. The average Bonchev–Trinajstić information content (AvgIpc) is 2.43. The van der Waals surface area contributed by atoms with Crippen LogP contribution in [-0.4, -0.2) is 36.6 Å². The van der Waals surface area contributed by atoms with Gasteiger partial charge in [-0.2, -0.15) is 4.72 Å². The van der Waals surface area contributed by atoms with E-state index in [1.165, 1.54) is 0 Å². The zero-order valence-electron chi connectivity index (χ0n) is 11.9. The number of rotatable bonds is 7. The molecule has 9 heteroatoms. The average molecular weight is 350 g/mol. The smallest absolute Gasteiger partial charge is 0.337 e. The molecule has 0 aliphatic carbocycles. The minimum absolute atomic E-state index is 0.108. The second-order valence-electron chi connectivity index (χ2n) is 4.77. The Morgan fingerprint density at radius 2 is 1.91 bits per heavy atom. The monoisotopic (exact) mass is 349 g/mol. The van der Waals surface area contributed by atoms with Crippen molar-refractivity contribution in [2.24, 2.45) is 5.92 Å². The molecule has 0 aromatic heterocycles. The summed E-state index contributed by atoms with van der Waals surface area (Å²) in [5.74, 6) is -3.11. The summed E-state index contributed by atoms with van der Waals surface area (Å²) in [6, 6.07) is 1.84. The number of sulfonamides is 1. The largest absolute Gasteiger partial charge is 0.480 e. The van der Waals surface area contributed by atoms with Crippen LogP contribution in [0.1, 0.15) is 30.6 Å². The van der Waals surface area contributed by atoms with Gasteiger partial charge in [0.05, 0.1) is 15.5 Å². The van der Waals surface area contributed by atoms with E-state index < -0.39 is 33.9 Å². The fraction of sp³-hybridized carbons (Fsp3) is 0.385. The molecule has 122 valence electrons. The Bertz CT molecular complexity index is 688. The molecule has 0 amide bonds. The molecule has 22 heavy (non-hydrogen) atoms. The number of aliphatic carboxylic acids is 1. The zero-order chi connectivity index (χ0) is 17.1. The summed E-state index contributed by atoms with van der Waals surface area (Å²) < 4.78 is 26.6. The van der Waals surface area contributed by atoms with Crippen LogP contribution in [0.2, 0.25) is 5.02 Å². The van der Waals surface area contributed by atoms with Crippen LogP contribution in [0, 0.1) is 5.92 Å². The fourth-order valence-electron chi connectivity index (χ4n) is 1.72. The van der Waals surface area contributed by atoms with Crippen molar-refractivity contribution in [2.75, 3.05) is 0 Å². The van der Waals surface area contributed by atoms with Crippen molar-refractivity contribution in [3.05, 3.63) is 28.8 Å². The van der Waals surface area contributed by atoms with Crippen LogP contribution in [0.25, 0.3) is 0 Å². The van der Waals surface area contributed by atoms with Crippen LogP contribution < -0.4 is 4.72 Å². The number of carbonyl (C=O) groups is 2. The number of aromatic carboxylic acids is 1. The molecule has 0 aliphatic rings. The van der Waals surface area contributed by atoms with E-state index in [1.54, 1.807) is 13.8 Å². The summed E-state index contributed by atoms with van der Waals surface area (Å²) >= 11 is 5.68. The van der Waals surface area contributed by atoms with Crippen molar-refractivity contribution < 1.29 is 28.2 Å². The second-order valence-corrected chi connectivity index (χ2v) is 6.89. The summed E-state index contributed by atoms with van der Waals surface area (Å²) in [7, 11) is -4.19.